The van der Waals surface area contributed by atoms with Crippen LogP contribution in [-0.4, -0.2) is 40.9 Å². The van der Waals surface area contributed by atoms with E-state index in [1.54, 1.807) is 6.07 Å². The summed E-state index contributed by atoms with van der Waals surface area (Å²) in [4.78, 5) is 25.6. The van der Waals surface area contributed by atoms with Crippen molar-refractivity contribution >= 4 is 17.4 Å². The van der Waals surface area contributed by atoms with Crippen LogP contribution < -0.4 is 4.90 Å². The van der Waals surface area contributed by atoms with Crippen molar-refractivity contribution in [3.63, 3.8) is 0 Å². The average Bonchev–Trinajstić information content (AvgIpc) is 2.90. The summed E-state index contributed by atoms with van der Waals surface area (Å²) in [6.07, 6.45) is 4.56. The number of amides is 1. The minimum atomic E-state index is 0.0186. The van der Waals surface area contributed by atoms with Crippen molar-refractivity contribution in [2.75, 3.05) is 25.0 Å². The van der Waals surface area contributed by atoms with Crippen LogP contribution in [0.3, 0.4) is 0 Å². The predicted octanol–water partition coefficient (Wildman–Crippen LogP) is 3.57. The van der Waals surface area contributed by atoms with Crippen molar-refractivity contribution in [3.8, 4) is 0 Å². The summed E-state index contributed by atoms with van der Waals surface area (Å²) in [6, 6.07) is 11.8. The van der Waals surface area contributed by atoms with E-state index < -0.39 is 0 Å². The van der Waals surface area contributed by atoms with Gasteiger partial charge in [-0.05, 0) is 31.9 Å². The molecule has 1 aliphatic heterocycles. The van der Waals surface area contributed by atoms with Crippen LogP contribution >= 0.6 is 0 Å². The Morgan fingerprint density at radius 2 is 1.71 bits per heavy atom. The molecule has 0 unspecified atom stereocenters. The largest absolute Gasteiger partial charge is 0.337 e. The van der Waals surface area contributed by atoms with Gasteiger partial charge in [0.05, 0.1) is 0 Å². The topological polar surface area (TPSA) is 49.3 Å². The van der Waals surface area contributed by atoms with Crippen LogP contribution in [0.2, 0.25) is 0 Å². The molecule has 1 aromatic carbocycles. The van der Waals surface area contributed by atoms with Gasteiger partial charge in [0.2, 0.25) is 0 Å². The van der Waals surface area contributed by atoms with Crippen molar-refractivity contribution in [1.29, 1.82) is 0 Å². The Morgan fingerprint density at radius 1 is 1.04 bits per heavy atom. The van der Waals surface area contributed by atoms with Crippen molar-refractivity contribution in [1.82, 2.24) is 14.9 Å². The molecule has 3 rings (SSSR count). The highest BCUT2D eigenvalue weighted by Gasteiger charge is 2.20. The first-order valence-corrected chi connectivity index (χ1v) is 8.59. The van der Waals surface area contributed by atoms with Gasteiger partial charge < -0.3 is 9.80 Å². The summed E-state index contributed by atoms with van der Waals surface area (Å²) in [6.45, 7) is 3.49. The Bertz CT molecular complexity index is 694. The molecule has 0 saturated carbocycles. The number of hydrogen-bond acceptors (Lipinski definition) is 4. The first kappa shape index (κ1) is 16.4. The maximum atomic E-state index is 12.8. The fourth-order valence-corrected chi connectivity index (χ4v) is 3.05. The highest BCUT2D eigenvalue weighted by atomic mass is 16.2. The lowest BCUT2D eigenvalue weighted by Crippen LogP contribution is -2.32. The summed E-state index contributed by atoms with van der Waals surface area (Å²) in [5, 5.41) is 0. The molecule has 1 aliphatic rings. The Kier molecular flexibility index (Phi) is 5.08. The maximum absolute atomic E-state index is 12.8. The number of carbonyl (C=O) groups excluding carboxylic acids is 1. The number of anilines is 2. The second-order valence-electron chi connectivity index (χ2n) is 6.26. The SMILES string of the molecule is Cc1nc(C(=O)N2CCCCCC2)cc(N(C)c2ccccc2)n1. The molecular formula is C19H24N4O. The van der Waals surface area contributed by atoms with E-state index in [2.05, 4.69) is 9.97 Å². The molecule has 0 radical (unpaired) electrons. The van der Waals surface area contributed by atoms with Gasteiger partial charge in [-0.3, -0.25) is 4.79 Å². The van der Waals surface area contributed by atoms with E-state index in [9.17, 15) is 4.79 Å². The Labute approximate surface area is 143 Å². The number of aromatic nitrogens is 2. The quantitative estimate of drug-likeness (QED) is 0.866. The molecule has 5 nitrogen and oxygen atoms in total. The van der Waals surface area contributed by atoms with Gasteiger partial charge in [-0.25, -0.2) is 9.97 Å². The molecule has 126 valence electrons. The molecule has 2 heterocycles. The molecule has 5 heteroatoms. The lowest BCUT2D eigenvalue weighted by molar-refractivity contribution is 0.0755. The lowest BCUT2D eigenvalue weighted by atomic mass is 10.2. The Hall–Kier alpha value is -2.43. The van der Waals surface area contributed by atoms with E-state index in [-0.39, 0.29) is 5.91 Å². The van der Waals surface area contributed by atoms with Crippen LogP contribution in [0.1, 0.15) is 42.0 Å². The number of benzene rings is 1. The lowest BCUT2D eigenvalue weighted by Gasteiger charge is -2.22. The summed E-state index contributed by atoms with van der Waals surface area (Å²) in [5.74, 6) is 1.38. The Morgan fingerprint density at radius 3 is 2.38 bits per heavy atom. The molecule has 2 aromatic rings. The van der Waals surface area contributed by atoms with Crippen LogP contribution in [-0.2, 0) is 0 Å². The van der Waals surface area contributed by atoms with Crippen molar-refractivity contribution in [2.45, 2.75) is 32.6 Å². The van der Waals surface area contributed by atoms with E-state index >= 15 is 0 Å². The van der Waals surface area contributed by atoms with Gasteiger partial charge in [0, 0.05) is 31.9 Å². The summed E-state index contributed by atoms with van der Waals surface area (Å²) in [7, 11) is 1.96. The van der Waals surface area contributed by atoms with Crippen molar-refractivity contribution < 1.29 is 4.79 Å². The van der Waals surface area contributed by atoms with Gasteiger partial charge in [0.25, 0.3) is 5.91 Å². The zero-order valence-electron chi connectivity index (χ0n) is 14.4. The predicted molar refractivity (Wildman–Crippen MR) is 95.6 cm³/mol. The smallest absolute Gasteiger partial charge is 0.272 e. The van der Waals surface area contributed by atoms with E-state index in [4.69, 9.17) is 0 Å². The van der Waals surface area contributed by atoms with Gasteiger partial charge >= 0.3 is 0 Å². The molecule has 1 amide bonds. The first-order chi connectivity index (χ1) is 11.6. The number of nitrogens with zero attached hydrogens (tertiary/aromatic N) is 4. The van der Waals surface area contributed by atoms with Crippen molar-refractivity contribution in [2.24, 2.45) is 0 Å². The molecule has 0 N–H and O–H groups in total. The number of para-hydroxylation sites is 1. The van der Waals surface area contributed by atoms with Crippen LogP contribution in [0.15, 0.2) is 36.4 Å². The maximum Gasteiger partial charge on any atom is 0.272 e. The number of likely N-dealkylation sites (tertiary alicyclic amines) is 1. The molecule has 1 aromatic heterocycles. The molecule has 1 fully saturated rings. The molecule has 0 spiro atoms. The molecule has 0 aliphatic carbocycles. The van der Waals surface area contributed by atoms with Crippen LogP contribution in [0, 0.1) is 6.92 Å². The zero-order valence-corrected chi connectivity index (χ0v) is 14.4. The van der Waals surface area contributed by atoms with Gasteiger partial charge in [-0.2, -0.15) is 0 Å². The zero-order chi connectivity index (χ0) is 16.9. The highest BCUT2D eigenvalue weighted by Crippen LogP contribution is 2.22. The third kappa shape index (κ3) is 3.72. The van der Waals surface area contributed by atoms with E-state index in [0.29, 0.717) is 11.5 Å². The molecule has 0 atom stereocenters. The monoisotopic (exact) mass is 324 g/mol. The fourth-order valence-electron chi connectivity index (χ4n) is 3.05. The van der Waals surface area contributed by atoms with Crippen LogP contribution in [0.5, 0.6) is 0 Å². The van der Waals surface area contributed by atoms with Crippen molar-refractivity contribution in [3.05, 3.63) is 47.9 Å². The second kappa shape index (κ2) is 7.43. The van der Waals surface area contributed by atoms with Gasteiger partial charge in [-0.1, -0.05) is 31.0 Å². The normalized spacial score (nSPS) is 15.0. The van der Waals surface area contributed by atoms with E-state index in [1.165, 1.54) is 12.8 Å². The number of hydrogen-bond donors (Lipinski definition) is 0. The minimum absolute atomic E-state index is 0.0186. The number of carbonyl (C=O) groups is 1. The number of rotatable bonds is 3. The molecule has 24 heavy (non-hydrogen) atoms. The van der Waals surface area contributed by atoms with Gasteiger partial charge in [0.15, 0.2) is 0 Å². The first-order valence-electron chi connectivity index (χ1n) is 8.59. The summed E-state index contributed by atoms with van der Waals surface area (Å²) in [5.41, 5.74) is 1.52. The average molecular weight is 324 g/mol. The minimum Gasteiger partial charge on any atom is -0.337 e. The third-order valence-corrected chi connectivity index (χ3v) is 4.42. The summed E-state index contributed by atoms with van der Waals surface area (Å²) < 4.78 is 0. The second-order valence-corrected chi connectivity index (χ2v) is 6.26. The molecule has 1 saturated heterocycles. The standard InChI is InChI=1S/C19H24N4O/c1-15-20-17(19(24)23-12-8-3-4-9-13-23)14-18(21-15)22(2)16-10-6-5-7-11-16/h5-7,10-11,14H,3-4,8-9,12-13H2,1-2H3. The summed E-state index contributed by atoms with van der Waals surface area (Å²) >= 11 is 0. The highest BCUT2D eigenvalue weighted by molar-refractivity contribution is 5.93. The van der Waals surface area contributed by atoms with E-state index in [0.717, 1.165) is 37.4 Å². The fraction of sp³-hybridized carbons (Fsp3) is 0.421. The molecular weight excluding hydrogens is 300 g/mol. The Balaban J connectivity index is 1.87. The molecule has 0 bridgehead atoms. The van der Waals surface area contributed by atoms with Gasteiger partial charge in [-0.15, -0.1) is 0 Å². The van der Waals surface area contributed by atoms with Crippen LogP contribution in [0.25, 0.3) is 0 Å². The van der Waals surface area contributed by atoms with Crippen LogP contribution in [0.4, 0.5) is 11.5 Å². The van der Waals surface area contributed by atoms with E-state index in [1.807, 2.05) is 54.1 Å². The third-order valence-electron chi connectivity index (χ3n) is 4.42. The van der Waals surface area contributed by atoms with Gasteiger partial charge in [0.1, 0.15) is 17.3 Å². The number of aryl methyl sites for hydroxylation is 1.